The monoisotopic (exact) mass is 480 g/mol. The largest absolute Gasteiger partial charge is 0.395 e. The second-order valence-electron chi connectivity index (χ2n) is 10.6. The fourth-order valence-electron chi connectivity index (χ4n) is 5.22. The Hall–Kier alpha value is -3.20. The van der Waals surface area contributed by atoms with Crippen molar-refractivity contribution < 1.29 is 14.7 Å². The summed E-state index contributed by atoms with van der Waals surface area (Å²) >= 11 is 0. The van der Waals surface area contributed by atoms with Crippen molar-refractivity contribution in [3.05, 3.63) is 36.0 Å². The highest BCUT2D eigenvalue weighted by Crippen LogP contribution is 2.47. The first-order valence-electron chi connectivity index (χ1n) is 12.3. The van der Waals surface area contributed by atoms with Gasteiger partial charge >= 0.3 is 0 Å². The van der Waals surface area contributed by atoms with Crippen LogP contribution < -0.4 is 20.4 Å². The number of nitrogens with one attached hydrogen (secondary N) is 2. The molecule has 1 aliphatic carbocycles. The number of hydrogen-bond acceptors (Lipinski definition) is 7. The van der Waals surface area contributed by atoms with E-state index in [2.05, 4.69) is 34.4 Å². The van der Waals surface area contributed by atoms with Gasteiger partial charge in [0.1, 0.15) is 5.69 Å². The smallest absolute Gasteiger partial charge is 0.251 e. The van der Waals surface area contributed by atoms with Crippen LogP contribution in [-0.2, 0) is 4.79 Å². The Kier molecular flexibility index (Phi) is 6.73. The maximum atomic E-state index is 13.3. The van der Waals surface area contributed by atoms with E-state index in [0.29, 0.717) is 29.7 Å². The molecule has 2 aliphatic rings. The fraction of sp³-hybridized carbons (Fsp3) is 0.538. The summed E-state index contributed by atoms with van der Waals surface area (Å²) in [7, 11) is 1.80. The van der Waals surface area contributed by atoms with Gasteiger partial charge in [-0.25, -0.2) is 4.98 Å². The van der Waals surface area contributed by atoms with Gasteiger partial charge < -0.3 is 25.5 Å². The molecule has 2 aromatic rings. The lowest BCUT2D eigenvalue weighted by Gasteiger charge is -2.44. The lowest BCUT2D eigenvalue weighted by Crippen LogP contribution is -2.53. The van der Waals surface area contributed by atoms with Gasteiger partial charge in [0.2, 0.25) is 11.9 Å². The molecule has 0 radical (unpaired) electrons. The number of aliphatic hydroxyl groups excluding tert-OH is 1. The SMILES string of the molecule is CC1CCCC1(C)N1CC(C)(C)C(=O)N(C)c2cnc(Nc3ccc(C(=O)NCCO)cc3)nc21. The summed E-state index contributed by atoms with van der Waals surface area (Å²) in [6.45, 7) is 9.26. The van der Waals surface area contributed by atoms with Crippen molar-refractivity contribution in [1.82, 2.24) is 15.3 Å². The maximum Gasteiger partial charge on any atom is 0.251 e. The molecule has 2 heterocycles. The molecule has 9 heteroatoms. The van der Waals surface area contributed by atoms with E-state index in [0.717, 1.165) is 30.8 Å². The van der Waals surface area contributed by atoms with Crippen LogP contribution in [0.4, 0.5) is 23.1 Å². The predicted molar refractivity (Wildman–Crippen MR) is 137 cm³/mol. The summed E-state index contributed by atoms with van der Waals surface area (Å²) < 4.78 is 0. The van der Waals surface area contributed by atoms with E-state index in [4.69, 9.17) is 10.1 Å². The minimum absolute atomic E-state index is 0.0508. The highest BCUT2D eigenvalue weighted by Gasteiger charge is 2.48. The van der Waals surface area contributed by atoms with Crippen LogP contribution in [0.3, 0.4) is 0 Å². The highest BCUT2D eigenvalue weighted by atomic mass is 16.3. The minimum Gasteiger partial charge on any atom is -0.395 e. The number of fused-ring (bicyclic) bond motifs is 1. The number of aromatic nitrogens is 2. The fourth-order valence-corrected chi connectivity index (χ4v) is 5.22. The van der Waals surface area contributed by atoms with Crippen LogP contribution in [0.15, 0.2) is 30.5 Å². The standard InChI is InChI=1S/C26H36N6O3/c1-17-7-6-12-26(17,4)32-16-25(2,3)23(35)31(5)20-15-28-24(30-21(20)32)29-19-10-8-18(9-11-19)22(34)27-13-14-33/h8-11,15,17,33H,6-7,12-14,16H2,1-5H3,(H,27,34)(H,28,29,30). The zero-order valence-corrected chi connectivity index (χ0v) is 21.3. The van der Waals surface area contributed by atoms with Gasteiger partial charge in [-0.3, -0.25) is 9.59 Å². The van der Waals surface area contributed by atoms with E-state index in [9.17, 15) is 9.59 Å². The maximum absolute atomic E-state index is 13.3. The molecule has 0 bridgehead atoms. The van der Waals surface area contributed by atoms with Gasteiger partial charge in [0.15, 0.2) is 5.82 Å². The van der Waals surface area contributed by atoms with Crippen LogP contribution in [0.2, 0.25) is 0 Å². The Morgan fingerprint density at radius 1 is 1.23 bits per heavy atom. The van der Waals surface area contributed by atoms with Crippen LogP contribution in [0, 0.1) is 11.3 Å². The average Bonchev–Trinajstić information content (AvgIpc) is 3.16. The summed E-state index contributed by atoms with van der Waals surface area (Å²) in [5.41, 5.74) is 1.29. The molecule has 35 heavy (non-hydrogen) atoms. The summed E-state index contributed by atoms with van der Waals surface area (Å²) in [4.78, 5) is 38.8. The predicted octanol–water partition coefficient (Wildman–Crippen LogP) is 3.33. The average molecular weight is 481 g/mol. The number of benzene rings is 1. The number of rotatable bonds is 6. The first kappa shape index (κ1) is 24.9. The van der Waals surface area contributed by atoms with Crippen molar-refractivity contribution in [1.29, 1.82) is 0 Å². The van der Waals surface area contributed by atoms with Crippen LogP contribution in [0.25, 0.3) is 0 Å². The van der Waals surface area contributed by atoms with Crippen LogP contribution in [0.5, 0.6) is 0 Å². The molecule has 3 N–H and O–H groups in total. The molecule has 0 saturated heterocycles. The zero-order chi connectivity index (χ0) is 25.4. The molecule has 2 atom stereocenters. The first-order chi connectivity index (χ1) is 16.6. The number of amides is 2. The van der Waals surface area contributed by atoms with Crippen molar-refractivity contribution >= 4 is 35.0 Å². The minimum atomic E-state index is -0.569. The Morgan fingerprint density at radius 2 is 1.94 bits per heavy atom. The molecule has 188 valence electrons. The van der Waals surface area contributed by atoms with Crippen molar-refractivity contribution in [2.75, 3.05) is 41.9 Å². The van der Waals surface area contributed by atoms with E-state index < -0.39 is 5.41 Å². The third kappa shape index (κ3) is 4.69. The highest BCUT2D eigenvalue weighted by molar-refractivity contribution is 6.01. The van der Waals surface area contributed by atoms with Crippen molar-refractivity contribution in [2.45, 2.75) is 52.5 Å². The molecule has 1 saturated carbocycles. The van der Waals surface area contributed by atoms with Crippen LogP contribution in [0.1, 0.15) is 57.3 Å². The number of carbonyl (C=O) groups excluding carboxylic acids is 2. The Balaban J connectivity index is 1.67. The molecular formula is C26H36N6O3. The topological polar surface area (TPSA) is 111 Å². The first-order valence-corrected chi connectivity index (χ1v) is 12.3. The quantitative estimate of drug-likeness (QED) is 0.582. The normalized spacial score (nSPS) is 23.6. The molecule has 1 aromatic carbocycles. The Labute approximate surface area is 206 Å². The van der Waals surface area contributed by atoms with E-state index in [-0.39, 0.29) is 30.5 Å². The molecule has 2 unspecified atom stereocenters. The van der Waals surface area contributed by atoms with Gasteiger partial charge in [0, 0.05) is 36.9 Å². The van der Waals surface area contributed by atoms with E-state index in [1.54, 1.807) is 42.4 Å². The third-order valence-electron chi connectivity index (χ3n) is 7.60. The molecule has 1 fully saturated rings. The van der Waals surface area contributed by atoms with Crippen LogP contribution in [-0.4, -0.2) is 59.2 Å². The summed E-state index contributed by atoms with van der Waals surface area (Å²) in [5, 5.41) is 14.8. The van der Waals surface area contributed by atoms with Gasteiger partial charge in [-0.15, -0.1) is 0 Å². The molecule has 0 spiro atoms. The molecule has 2 amide bonds. The van der Waals surface area contributed by atoms with Gasteiger partial charge in [-0.2, -0.15) is 4.98 Å². The second kappa shape index (κ2) is 9.45. The molecule has 9 nitrogen and oxygen atoms in total. The Bertz CT molecular complexity index is 1100. The Morgan fingerprint density at radius 3 is 2.57 bits per heavy atom. The number of aliphatic hydroxyl groups is 1. The van der Waals surface area contributed by atoms with E-state index in [1.165, 1.54) is 0 Å². The van der Waals surface area contributed by atoms with Crippen molar-refractivity contribution in [3.8, 4) is 0 Å². The molecule has 4 rings (SSSR count). The van der Waals surface area contributed by atoms with Crippen LogP contribution >= 0.6 is 0 Å². The van der Waals surface area contributed by atoms with E-state index >= 15 is 0 Å². The summed E-state index contributed by atoms with van der Waals surface area (Å²) in [5.74, 6) is 1.48. The lowest BCUT2D eigenvalue weighted by atomic mass is 9.84. The number of nitrogens with zero attached hydrogens (tertiary/aromatic N) is 4. The summed E-state index contributed by atoms with van der Waals surface area (Å²) in [6.07, 6.45) is 5.08. The van der Waals surface area contributed by atoms with Gasteiger partial charge in [-0.1, -0.05) is 13.3 Å². The number of carbonyl (C=O) groups is 2. The third-order valence-corrected chi connectivity index (χ3v) is 7.60. The van der Waals surface area contributed by atoms with Crippen molar-refractivity contribution in [3.63, 3.8) is 0 Å². The van der Waals surface area contributed by atoms with Gasteiger partial charge in [0.05, 0.1) is 18.2 Å². The van der Waals surface area contributed by atoms with E-state index in [1.807, 2.05) is 13.8 Å². The molecule has 1 aromatic heterocycles. The van der Waals surface area contributed by atoms with Gasteiger partial charge in [-0.05, 0) is 63.8 Å². The number of anilines is 4. The summed E-state index contributed by atoms with van der Waals surface area (Å²) in [6, 6.07) is 7.00. The van der Waals surface area contributed by atoms with Gasteiger partial charge in [0.25, 0.3) is 5.91 Å². The lowest BCUT2D eigenvalue weighted by molar-refractivity contribution is -0.125. The van der Waals surface area contributed by atoms with Crippen molar-refractivity contribution in [2.24, 2.45) is 11.3 Å². The molecule has 1 aliphatic heterocycles. The number of hydrogen-bond donors (Lipinski definition) is 3. The zero-order valence-electron chi connectivity index (χ0n) is 21.3. The molecular weight excluding hydrogens is 444 g/mol. The second-order valence-corrected chi connectivity index (χ2v) is 10.6.